The number of esters is 1. The zero-order valence-electron chi connectivity index (χ0n) is 18.0. The number of anilines is 1. The highest BCUT2D eigenvalue weighted by molar-refractivity contribution is 6.09. The Morgan fingerprint density at radius 2 is 2.00 bits per heavy atom. The van der Waals surface area contributed by atoms with Crippen LogP contribution in [-0.2, 0) is 32.0 Å². The Balaban J connectivity index is 1.33. The summed E-state index contributed by atoms with van der Waals surface area (Å²) in [4.78, 5) is 51.1. The van der Waals surface area contributed by atoms with E-state index < -0.39 is 36.1 Å². The maximum atomic E-state index is 12.9. The molecule has 2 N–H and O–H groups in total. The highest BCUT2D eigenvalue weighted by Gasteiger charge is 2.55. The molecule has 1 aromatic rings. The minimum absolute atomic E-state index is 0.00995. The van der Waals surface area contributed by atoms with Crippen LogP contribution < -0.4 is 10.6 Å². The predicted octanol–water partition coefficient (Wildman–Crippen LogP) is 2.55. The molecule has 3 aliphatic rings. The van der Waals surface area contributed by atoms with Gasteiger partial charge in [0.1, 0.15) is 12.1 Å². The van der Waals surface area contributed by atoms with Crippen molar-refractivity contribution in [2.75, 3.05) is 11.9 Å². The van der Waals surface area contributed by atoms with Crippen LogP contribution in [0.5, 0.6) is 0 Å². The maximum Gasteiger partial charge on any atom is 0.327 e. The molecule has 4 amide bonds. The lowest BCUT2D eigenvalue weighted by Gasteiger charge is -2.36. The molecule has 1 saturated carbocycles. The van der Waals surface area contributed by atoms with Crippen LogP contribution in [0.3, 0.4) is 0 Å². The standard InChI is InChI=1S/C23H29N3O5/c1-14-6-3-4-11-23(14)21(29)26(22(30)25-23)13-19(27)31-15(2)20(28)24-18-10-9-16-7-5-8-17(16)12-18/h9-10,12,14-15H,3-8,11,13H2,1-2H3,(H,24,28)(H,25,30)/t14-,15+,23-/m1/s1. The molecule has 1 heterocycles. The molecule has 2 fully saturated rings. The first-order valence-electron chi connectivity index (χ1n) is 11.1. The SMILES string of the molecule is C[C@H](OC(=O)CN1C(=O)N[C@@]2(CCCC[C@H]2C)C1=O)C(=O)Nc1ccc2c(c1)CCC2. The number of nitrogens with one attached hydrogen (secondary N) is 2. The summed E-state index contributed by atoms with van der Waals surface area (Å²) < 4.78 is 5.21. The third-order valence-corrected chi connectivity index (χ3v) is 6.83. The molecular formula is C23H29N3O5. The van der Waals surface area contributed by atoms with Gasteiger partial charge in [-0.05, 0) is 68.2 Å². The first-order chi connectivity index (χ1) is 14.8. The topological polar surface area (TPSA) is 105 Å². The number of carbonyl (C=O) groups excluding carboxylic acids is 4. The molecule has 1 saturated heterocycles. The van der Waals surface area contributed by atoms with E-state index in [-0.39, 0.29) is 11.8 Å². The van der Waals surface area contributed by atoms with Gasteiger partial charge in [-0.3, -0.25) is 19.3 Å². The highest BCUT2D eigenvalue weighted by Crippen LogP contribution is 2.38. The summed E-state index contributed by atoms with van der Waals surface area (Å²) in [7, 11) is 0. The molecule has 1 aromatic carbocycles. The van der Waals surface area contributed by atoms with E-state index in [2.05, 4.69) is 10.6 Å². The first-order valence-corrected chi connectivity index (χ1v) is 11.1. The Bertz CT molecular complexity index is 930. The number of carbonyl (C=O) groups is 4. The van der Waals surface area contributed by atoms with Crippen molar-refractivity contribution in [2.45, 2.75) is 70.4 Å². The monoisotopic (exact) mass is 427 g/mol. The molecule has 2 aliphatic carbocycles. The zero-order chi connectivity index (χ0) is 22.2. The number of urea groups is 1. The first kappa shape index (κ1) is 21.3. The highest BCUT2D eigenvalue weighted by atomic mass is 16.5. The fourth-order valence-electron chi connectivity index (χ4n) is 4.95. The van der Waals surface area contributed by atoms with Crippen molar-refractivity contribution < 1.29 is 23.9 Å². The molecule has 8 nitrogen and oxygen atoms in total. The van der Waals surface area contributed by atoms with E-state index in [1.165, 1.54) is 18.1 Å². The van der Waals surface area contributed by atoms with Gasteiger partial charge in [-0.15, -0.1) is 0 Å². The molecule has 3 atom stereocenters. The smallest absolute Gasteiger partial charge is 0.327 e. The van der Waals surface area contributed by atoms with Crippen LogP contribution in [-0.4, -0.2) is 46.9 Å². The van der Waals surface area contributed by atoms with E-state index in [4.69, 9.17) is 4.74 Å². The summed E-state index contributed by atoms with van der Waals surface area (Å²) in [5, 5.41) is 5.57. The lowest BCUT2D eigenvalue weighted by Crippen LogP contribution is -2.54. The summed E-state index contributed by atoms with van der Waals surface area (Å²) in [6, 6.07) is 5.22. The predicted molar refractivity (Wildman–Crippen MR) is 113 cm³/mol. The van der Waals surface area contributed by atoms with E-state index in [1.54, 1.807) is 0 Å². The van der Waals surface area contributed by atoms with Gasteiger partial charge >= 0.3 is 12.0 Å². The number of imide groups is 1. The van der Waals surface area contributed by atoms with E-state index in [1.807, 2.05) is 25.1 Å². The minimum atomic E-state index is -1.05. The minimum Gasteiger partial charge on any atom is -0.451 e. The second-order valence-corrected chi connectivity index (χ2v) is 8.90. The second kappa shape index (κ2) is 8.32. The van der Waals surface area contributed by atoms with Gasteiger partial charge in [0, 0.05) is 5.69 Å². The molecule has 0 aromatic heterocycles. The van der Waals surface area contributed by atoms with E-state index >= 15 is 0 Å². The molecule has 0 unspecified atom stereocenters. The number of nitrogens with zero attached hydrogens (tertiary/aromatic N) is 1. The van der Waals surface area contributed by atoms with Crippen molar-refractivity contribution in [3.8, 4) is 0 Å². The van der Waals surface area contributed by atoms with Gasteiger partial charge in [-0.2, -0.15) is 0 Å². The van der Waals surface area contributed by atoms with Crippen LogP contribution in [0, 0.1) is 5.92 Å². The number of hydrogen-bond acceptors (Lipinski definition) is 5. The quantitative estimate of drug-likeness (QED) is 0.555. The van der Waals surface area contributed by atoms with Gasteiger partial charge in [0.25, 0.3) is 11.8 Å². The van der Waals surface area contributed by atoms with Crippen LogP contribution in [0.25, 0.3) is 0 Å². The average molecular weight is 428 g/mol. The van der Waals surface area contributed by atoms with Crippen LogP contribution >= 0.6 is 0 Å². The van der Waals surface area contributed by atoms with Gasteiger partial charge in [0.2, 0.25) is 0 Å². The van der Waals surface area contributed by atoms with Crippen molar-refractivity contribution in [3.05, 3.63) is 29.3 Å². The van der Waals surface area contributed by atoms with Gasteiger partial charge < -0.3 is 15.4 Å². The van der Waals surface area contributed by atoms with Crippen LogP contribution in [0.2, 0.25) is 0 Å². The summed E-state index contributed by atoms with van der Waals surface area (Å²) in [6.45, 7) is 2.91. The molecule has 166 valence electrons. The molecule has 1 aliphatic heterocycles. The number of aryl methyl sites for hydroxylation is 2. The third kappa shape index (κ3) is 4.03. The van der Waals surface area contributed by atoms with E-state index in [0.717, 1.165) is 43.4 Å². The van der Waals surface area contributed by atoms with E-state index in [0.29, 0.717) is 12.1 Å². The molecule has 0 bridgehead atoms. The number of benzene rings is 1. The summed E-state index contributed by atoms with van der Waals surface area (Å²) in [6.07, 6.45) is 5.41. The Kier molecular flexibility index (Phi) is 5.73. The Morgan fingerprint density at radius 1 is 1.23 bits per heavy atom. The average Bonchev–Trinajstić information content (AvgIpc) is 3.28. The molecule has 0 radical (unpaired) electrons. The summed E-state index contributed by atoms with van der Waals surface area (Å²) in [5.41, 5.74) is 2.27. The van der Waals surface area contributed by atoms with Crippen molar-refractivity contribution in [1.29, 1.82) is 0 Å². The second-order valence-electron chi connectivity index (χ2n) is 8.90. The largest absolute Gasteiger partial charge is 0.451 e. The number of rotatable bonds is 5. The van der Waals surface area contributed by atoms with Crippen molar-refractivity contribution in [1.82, 2.24) is 10.2 Å². The lowest BCUT2D eigenvalue weighted by atomic mass is 9.73. The van der Waals surface area contributed by atoms with Gasteiger partial charge in [-0.25, -0.2) is 4.79 Å². The maximum absolute atomic E-state index is 12.9. The zero-order valence-corrected chi connectivity index (χ0v) is 18.0. The molecule has 8 heteroatoms. The van der Waals surface area contributed by atoms with Crippen molar-refractivity contribution >= 4 is 29.5 Å². The fourth-order valence-corrected chi connectivity index (χ4v) is 4.95. The van der Waals surface area contributed by atoms with Gasteiger partial charge in [0.15, 0.2) is 6.10 Å². The van der Waals surface area contributed by atoms with Crippen LogP contribution in [0.1, 0.15) is 57.1 Å². The lowest BCUT2D eigenvalue weighted by molar-refractivity contribution is -0.155. The molecular weight excluding hydrogens is 398 g/mol. The number of amides is 4. The summed E-state index contributed by atoms with van der Waals surface area (Å²) in [5.74, 6) is -1.62. The fraction of sp³-hybridized carbons (Fsp3) is 0.565. The Hall–Kier alpha value is -2.90. The number of fused-ring (bicyclic) bond motifs is 1. The van der Waals surface area contributed by atoms with Crippen LogP contribution in [0.4, 0.5) is 10.5 Å². The Labute approximate surface area is 181 Å². The van der Waals surface area contributed by atoms with Gasteiger partial charge in [0.05, 0.1) is 0 Å². The summed E-state index contributed by atoms with van der Waals surface area (Å²) >= 11 is 0. The van der Waals surface area contributed by atoms with Crippen LogP contribution in [0.15, 0.2) is 18.2 Å². The van der Waals surface area contributed by atoms with Crippen molar-refractivity contribution in [3.63, 3.8) is 0 Å². The van der Waals surface area contributed by atoms with Crippen molar-refractivity contribution in [2.24, 2.45) is 5.92 Å². The van der Waals surface area contributed by atoms with Gasteiger partial charge in [-0.1, -0.05) is 25.8 Å². The third-order valence-electron chi connectivity index (χ3n) is 6.83. The Morgan fingerprint density at radius 3 is 2.77 bits per heavy atom. The van der Waals surface area contributed by atoms with E-state index in [9.17, 15) is 19.2 Å². The normalized spacial score (nSPS) is 25.9. The number of ether oxygens (including phenoxy) is 1. The number of hydrogen-bond donors (Lipinski definition) is 2. The molecule has 1 spiro atoms. The molecule has 31 heavy (non-hydrogen) atoms. The molecule has 4 rings (SSSR count).